The van der Waals surface area contributed by atoms with Crippen LogP contribution >= 0.6 is 0 Å². The predicted octanol–water partition coefficient (Wildman–Crippen LogP) is 3.48. The van der Waals surface area contributed by atoms with E-state index in [1.54, 1.807) is 6.07 Å². The van der Waals surface area contributed by atoms with E-state index in [-0.39, 0.29) is 17.1 Å². The van der Waals surface area contributed by atoms with E-state index in [9.17, 15) is 20.2 Å². The molecule has 0 saturated heterocycles. The van der Waals surface area contributed by atoms with E-state index in [1.165, 1.54) is 12.1 Å². The number of rotatable bonds is 8. The van der Waals surface area contributed by atoms with Crippen LogP contribution in [0.15, 0.2) is 60.7 Å². The third kappa shape index (κ3) is 4.55. The number of non-ortho nitro benzene ring substituents is 1. The molecule has 0 atom stereocenters. The van der Waals surface area contributed by atoms with Crippen LogP contribution in [0.25, 0.3) is 11.3 Å². The van der Waals surface area contributed by atoms with Crippen LogP contribution in [0.5, 0.6) is 0 Å². The maximum atomic E-state index is 11.1. The Balaban J connectivity index is 1.56. The molecule has 0 saturated carbocycles. The summed E-state index contributed by atoms with van der Waals surface area (Å²) in [4.78, 5) is 20.5. The van der Waals surface area contributed by atoms with E-state index in [2.05, 4.69) is 20.8 Å². The molecule has 1 aromatic heterocycles. The molecular formula is C18H16N6O4. The van der Waals surface area contributed by atoms with Gasteiger partial charge in [-0.25, -0.2) is 0 Å². The second-order valence-corrected chi connectivity index (χ2v) is 5.74. The third-order valence-electron chi connectivity index (χ3n) is 3.87. The molecule has 3 aromatic rings. The number of nitrogens with zero attached hydrogens (tertiary/aromatic N) is 4. The van der Waals surface area contributed by atoms with Crippen molar-refractivity contribution >= 4 is 22.9 Å². The molecule has 28 heavy (non-hydrogen) atoms. The molecule has 142 valence electrons. The van der Waals surface area contributed by atoms with Crippen molar-refractivity contribution in [2.24, 2.45) is 0 Å². The summed E-state index contributed by atoms with van der Waals surface area (Å²) in [5.74, 6) is 0.569. The Bertz CT molecular complexity index is 979. The molecule has 2 N–H and O–H groups in total. The topological polar surface area (TPSA) is 136 Å². The lowest BCUT2D eigenvalue weighted by Crippen LogP contribution is -2.15. The minimum Gasteiger partial charge on any atom is -0.378 e. The van der Waals surface area contributed by atoms with Crippen LogP contribution < -0.4 is 10.6 Å². The molecule has 0 radical (unpaired) electrons. The zero-order valence-corrected chi connectivity index (χ0v) is 14.6. The Morgan fingerprint density at radius 1 is 0.821 bits per heavy atom. The number of benzene rings is 2. The monoisotopic (exact) mass is 380 g/mol. The third-order valence-corrected chi connectivity index (χ3v) is 3.87. The first-order valence-electron chi connectivity index (χ1n) is 8.34. The van der Waals surface area contributed by atoms with Crippen molar-refractivity contribution in [3.63, 3.8) is 0 Å². The van der Waals surface area contributed by atoms with Crippen molar-refractivity contribution in [3.8, 4) is 11.3 Å². The van der Waals surface area contributed by atoms with Crippen molar-refractivity contribution in [3.05, 3.63) is 80.9 Å². The van der Waals surface area contributed by atoms with Gasteiger partial charge in [0.05, 0.1) is 21.6 Å². The van der Waals surface area contributed by atoms with Gasteiger partial charge in [-0.1, -0.05) is 30.3 Å². The van der Waals surface area contributed by atoms with Crippen molar-refractivity contribution in [2.75, 3.05) is 23.7 Å². The number of hydrogen-bond acceptors (Lipinski definition) is 8. The van der Waals surface area contributed by atoms with E-state index in [0.717, 1.165) is 17.3 Å². The first kappa shape index (κ1) is 18.7. The highest BCUT2D eigenvalue weighted by Gasteiger charge is 2.18. The van der Waals surface area contributed by atoms with Crippen LogP contribution in [0.2, 0.25) is 0 Å². The zero-order valence-electron chi connectivity index (χ0n) is 14.6. The fraction of sp³-hybridized carbons (Fsp3) is 0.111. The summed E-state index contributed by atoms with van der Waals surface area (Å²) in [5, 5.41) is 36.1. The zero-order chi connectivity index (χ0) is 19.9. The molecule has 10 heteroatoms. The average molecular weight is 380 g/mol. The van der Waals surface area contributed by atoms with Gasteiger partial charge in [-0.05, 0) is 18.2 Å². The molecular weight excluding hydrogens is 364 g/mol. The lowest BCUT2D eigenvalue weighted by Gasteiger charge is -2.09. The SMILES string of the molecule is O=[N+]([O-])c1ccc(NCCNc2ccc(-c3ccccc3)nn2)c([N+](=O)[O-])c1. The largest absolute Gasteiger partial charge is 0.378 e. The van der Waals surface area contributed by atoms with E-state index in [4.69, 9.17) is 0 Å². The second-order valence-electron chi connectivity index (χ2n) is 5.74. The molecule has 0 aliphatic heterocycles. The fourth-order valence-electron chi connectivity index (χ4n) is 2.51. The van der Waals surface area contributed by atoms with Gasteiger partial charge in [0.1, 0.15) is 11.5 Å². The van der Waals surface area contributed by atoms with Crippen LogP contribution in [0, 0.1) is 20.2 Å². The lowest BCUT2D eigenvalue weighted by atomic mass is 10.1. The Hall–Kier alpha value is -4.08. The van der Waals surface area contributed by atoms with Gasteiger partial charge in [-0.3, -0.25) is 20.2 Å². The number of aromatic nitrogens is 2. The van der Waals surface area contributed by atoms with E-state index < -0.39 is 9.85 Å². The van der Waals surface area contributed by atoms with E-state index >= 15 is 0 Å². The molecule has 0 aliphatic rings. The quantitative estimate of drug-likeness (QED) is 0.344. The Morgan fingerprint density at radius 2 is 1.57 bits per heavy atom. The highest BCUT2D eigenvalue weighted by Crippen LogP contribution is 2.28. The minimum absolute atomic E-state index is 0.211. The van der Waals surface area contributed by atoms with E-state index in [0.29, 0.717) is 18.9 Å². The molecule has 3 rings (SSSR count). The smallest absolute Gasteiger partial charge is 0.299 e. The van der Waals surface area contributed by atoms with Crippen molar-refractivity contribution in [2.45, 2.75) is 0 Å². The molecule has 0 aliphatic carbocycles. The van der Waals surface area contributed by atoms with Crippen LogP contribution in [-0.4, -0.2) is 33.1 Å². The second kappa shape index (κ2) is 8.54. The van der Waals surface area contributed by atoms with E-state index in [1.807, 2.05) is 36.4 Å². The van der Waals surface area contributed by atoms with Gasteiger partial charge in [0, 0.05) is 24.7 Å². The summed E-state index contributed by atoms with van der Waals surface area (Å²) < 4.78 is 0. The maximum absolute atomic E-state index is 11.1. The number of nitro benzene ring substituents is 2. The number of nitro groups is 2. The van der Waals surface area contributed by atoms with Gasteiger partial charge in [-0.15, -0.1) is 10.2 Å². The van der Waals surface area contributed by atoms with Gasteiger partial charge in [-0.2, -0.15) is 0 Å². The van der Waals surface area contributed by atoms with Crippen molar-refractivity contribution < 1.29 is 9.85 Å². The average Bonchev–Trinajstić information content (AvgIpc) is 2.72. The molecule has 0 amide bonds. The first-order valence-corrected chi connectivity index (χ1v) is 8.34. The van der Waals surface area contributed by atoms with Crippen LogP contribution in [0.4, 0.5) is 22.9 Å². The maximum Gasteiger partial charge on any atom is 0.299 e. The highest BCUT2D eigenvalue weighted by molar-refractivity contribution is 5.65. The first-order chi connectivity index (χ1) is 13.5. The molecule has 0 fully saturated rings. The van der Waals surface area contributed by atoms with Crippen molar-refractivity contribution in [1.82, 2.24) is 10.2 Å². The Kier molecular flexibility index (Phi) is 5.70. The van der Waals surface area contributed by atoms with Crippen LogP contribution in [0.3, 0.4) is 0 Å². The van der Waals surface area contributed by atoms with Gasteiger partial charge in [0.2, 0.25) is 0 Å². The standard InChI is InChI=1S/C18H16N6O4/c25-23(26)14-6-7-16(17(12-14)24(27)28)19-10-11-20-18-9-8-15(21-22-18)13-4-2-1-3-5-13/h1-9,12,19H,10-11H2,(H,20,22). The highest BCUT2D eigenvalue weighted by atomic mass is 16.6. The Morgan fingerprint density at radius 3 is 2.21 bits per heavy atom. The van der Waals surface area contributed by atoms with Gasteiger partial charge >= 0.3 is 0 Å². The number of anilines is 2. The molecule has 0 spiro atoms. The van der Waals surface area contributed by atoms with Gasteiger partial charge in [0.15, 0.2) is 0 Å². The molecule has 10 nitrogen and oxygen atoms in total. The lowest BCUT2D eigenvalue weighted by molar-refractivity contribution is -0.393. The summed E-state index contributed by atoms with van der Waals surface area (Å²) in [6.07, 6.45) is 0. The summed E-state index contributed by atoms with van der Waals surface area (Å²) >= 11 is 0. The molecule has 2 aromatic carbocycles. The minimum atomic E-state index is -0.671. The Labute approximate surface area is 159 Å². The summed E-state index contributed by atoms with van der Waals surface area (Å²) in [6, 6.07) is 16.8. The van der Waals surface area contributed by atoms with Gasteiger partial charge < -0.3 is 10.6 Å². The number of hydrogen-bond donors (Lipinski definition) is 2. The molecule has 1 heterocycles. The summed E-state index contributed by atoms with van der Waals surface area (Å²) in [6.45, 7) is 0.772. The summed E-state index contributed by atoms with van der Waals surface area (Å²) in [5.41, 5.74) is 1.26. The fourth-order valence-corrected chi connectivity index (χ4v) is 2.51. The van der Waals surface area contributed by atoms with Crippen molar-refractivity contribution in [1.29, 1.82) is 0 Å². The number of nitrogens with one attached hydrogen (secondary N) is 2. The van der Waals surface area contributed by atoms with Crippen LogP contribution in [0.1, 0.15) is 0 Å². The van der Waals surface area contributed by atoms with Crippen LogP contribution in [-0.2, 0) is 0 Å². The van der Waals surface area contributed by atoms with Gasteiger partial charge in [0.25, 0.3) is 11.4 Å². The molecule has 0 unspecified atom stereocenters. The normalized spacial score (nSPS) is 10.3. The predicted molar refractivity (Wildman–Crippen MR) is 104 cm³/mol. The molecule has 0 bridgehead atoms. The summed E-state index contributed by atoms with van der Waals surface area (Å²) in [7, 11) is 0.